The first kappa shape index (κ1) is 21.0. The summed E-state index contributed by atoms with van der Waals surface area (Å²) in [4.78, 5) is 19.5. The summed E-state index contributed by atoms with van der Waals surface area (Å²) in [5.41, 5.74) is 1.99. The van der Waals surface area contributed by atoms with E-state index in [1.165, 1.54) is 24.0 Å². The van der Waals surface area contributed by atoms with Crippen molar-refractivity contribution in [2.75, 3.05) is 24.7 Å². The van der Waals surface area contributed by atoms with Gasteiger partial charge in [-0.1, -0.05) is 26.0 Å². The van der Waals surface area contributed by atoms with E-state index in [1.807, 2.05) is 5.38 Å². The van der Waals surface area contributed by atoms with Crippen LogP contribution >= 0.6 is 11.3 Å². The predicted molar refractivity (Wildman–Crippen MR) is 113 cm³/mol. The van der Waals surface area contributed by atoms with Gasteiger partial charge in [-0.25, -0.2) is 13.4 Å². The van der Waals surface area contributed by atoms with Crippen LogP contribution in [-0.2, 0) is 22.1 Å². The number of aromatic nitrogens is 1. The van der Waals surface area contributed by atoms with Gasteiger partial charge in [0.05, 0.1) is 11.4 Å². The summed E-state index contributed by atoms with van der Waals surface area (Å²) in [5, 5.41) is 5.37. The Morgan fingerprint density at radius 3 is 2.68 bits per heavy atom. The summed E-state index contributed by atoms with van der Waals surface area (Å²) in [6, 6.07) is 6.69. The van der Waals surface area contributed by atoms with Crippen molar-refractivity contribution in [2.45, 2.75) is 32.6 Å². The van der Waals surface area contributed by atoms with Crippen LogP contribution in [0.4, 0.5) is 5.13 Å². The lowest BCUT2D eigenvalue weighted by Crippen LogP contribution is -2.38. The molecule has 8 heteroatoms. The van der Waals surface area contributed by atoms with Crippen molar-refractivity contribution in [2.24, 2.45) is 11.8 Å². The average molecular weight is 422 g/mol. The molecule has 1 aromatic carbocycles. The molecule has 1 aliphatic rings. The molecular formula is C20H27N3O3S2. The third-order valence-corrected chi connectivity index (χ3v) is 6.38. The zero-order chi connectivity index (χ0) is 20.3. The van der Waals surface area contributed by atoms with E-state index in [9.17, 15) is 13.2 Å². The molecule has 1 aliphatic heterocycles. The van der Waals surface area contributed by atoms with Crippen LogP contribution in [0.1, 0.15) is 41.9 Å². The fourth-order valence-corrected chi connectivity index (χ4v) is 5.34. The van der Waals surface area contributed by atoms with Crippen LogP contribution in [0.3, 0.4) is 0 Å². The highest BCUT2D eigenvalue weighted by molar-refractivity contribution is 7.89. The molecule has 3 rings (SSSR count). The molecule has 1 fully saturated rings. The van der Waals surface area contributed by atoms with E-state index in [1.54, 1.807) is 24.3 Å². The van der Waals surface area contributed by atoms with E-state index in [4.69, 9.17) is 0 Å². The van der Waals surface area contributed by atoms with Gasteiger partial charge in [-0.15, -0.1) is 11.3 Å². The molecule has 0 saturated carbocycles. The average Bonchev–Trinajstić information content (AvgIpc) is 2.99. The Kier molecular flexibility index (Phi) is 6.52. The summed E-state index contributed by atoms with van der Waals surface area (Å²) in [6.07, 6.45) is 2.45. The number of rotatable bonds is 6. The van der Waals surface area contributed by atoms with Crippen molar-refractivity contribution < 1.29 is 13.2 Å². The highest BCUT2D eigenvalue weighted by Crippen LogP contribution is 2.24. The molecule has 0 bridgehead atoms. The minimum absolute atomic E-state index is 0.0812. The van der Waals surface area contributed by atoms with Crippen molar-refractivity contribution in [3.05, 3.63) is 46.5 Å². The predicted octanol–water partition coefficient (Wildman–Crippen LogP) is 3.42. The zero-order valence-electron chi connectivity index (χ0n) is 16.5. The van der Waals surface area contributed by atoms with Crippen molar-refractivity contribution in [1.29, 1.82) is 0 Å². The zero-order valence-corrected chi connectivity index (χ0v) is 18.1. The molecule has 1 N–H and O–H groups in total. The molecule has 1 saturated heterocycles. The van der Waals surface area contributed by atoms with Crippen LogP contribution in [0.25, 0.3) is 0 Å². The van der Waals surface area contributed by atoms with Crippen LogP contribution in [0, 0.1) is 11.8 Å². The second kappa shape index (κ2) is 8.71. The summed E-state index contributed by atoms with van der Waals surface area (Å²) in [5.74, 6) is 1.03. The fraction of sp³-hybridized carbons (Fsp3) is 0.500. The molecule has 0 radical (unpaired) electrons. The molecule has 2 heterocycles. The van der Waals surface area contributed by atoms with Crippen molar-refractivity contribution >= 4 is 32.2 Å². The topological polar surface area (TPSA) is 79.4 Å². The molecule has 0 unspecified atom stereocenters. The summed E-state index contributed by atoms with van der Waals surface area (Å²) in [7, 11) is -3.14. The van der Waals surface area contributed by atoms with Crippen LogP contribution < -0.4 is 5.32 Å². The number of hydrogen-bond acceptors (Lipinski definition) is 6. The van der Waals surface area contributed by atoms with Crippen LogP contribution in [0.5, 0.6) is 0 Å². The Balaban J connectivity index is 1.62. The lowest BCUT2D eigenvalue weighted by molar-refractivity contribution is 0.102. The summed E-state index contributed by atoms with van der Waals surface area (Å²) in [6.45, 7) is 7.53. The monoisotopic (exact) mass is 421 g/mol. The summed E-state index contributed by atoms with van der Waals surface area (Å²) < 4.78 is 22.9. The van der Waals surface area contributed by atoms with Gasteiger partial charge in [-0.05, 0) is 36.0 Å². The number of likely N-dealkylation sites (tertiary alicyclic amines) is 1. The molecule has 2 aromatic rings. The van der Waals surface area contributed by atoms with E-state index in [2.05, 4.69) is 29.0 Å². The second-order valence-electron chi connectivity index (χ2n) is 8.01. The van der Waals surface area contributed by atoms with Crippen molar-refractivity contribution in [3.63, 3.8) is 0 Å². The quantitative estimate of drug-likeness (QED) is 0.773. The Bertz CT molecular complexity index is 930. The van der Waals surface area contributed by atoms with Crippen LogP contribution in [0.15, 0.2) is 29.6 Å². The van der Waals surface area contributed by atoms with E-state index >= 15 is 0 Å². The number of benzene rings is 1. The van der Waals surface area contributed by atoms with Crippen molar-refractivity contribution in [1.82, 2.24) is 9.88 Å². The maximum absolute atomic E-state index is 12.5. The number of sulfone groups is 1. The van der Waals surface area contributed by atoms with Crippen LogP contribution in [-0.4, -0.2) is 43.6 Å². The minimum atomic E-state index is -3.14. The van der Waals surface area contributed by atoms with Gasteiger partial charge in [0.1, 0.15) is 0 Å². The van der Waals surface area contributed by atoms with E-state index in [0.717, 1.165) is 25.3 Å². The first-order valence-electron chi connectivity index (χ1n) is 9.42. The first-order chi connectivity index (χ1) is 13.2. The molecule has 152 valence electrons. The number of carbonyl (C=O) groups is 1. The number of hydrogen-bond donors (Lipinski definition) is 1. The summed E-state index contributed by atoms with van der Waals surface area (Å²) >= 11 is 1.41. The van der Waals surface area contributed by atoms with Gasteiger partial charge in [0, 0.05) is 36.8 Å². The van der Waals surface area contributed by atoms with E-state index in [0.29, 0.717) is 28.1 Å². The third-order valence-electron chi connectivity index (χ3n) is 4.72. The normalized spacial score (nSPS) is 20.8. The highest BCUT2D eigenvalue weighted by atomic mass is 32.2. The van der Waals surface area contributed by atoms with Crippen LogP contribution in [0.2, 0.25) is 0 Å². The van der Waals surface area contributed by atoms with E-state index < -0.39 is 9.84 Å². The Hall–Kier alpha value is -1.77. The minimum Gasteiger partial charge on any atom is -0.298 e. The lowest BCUT2D eigenvalue weighted by Gasteiger charge is -2.34. The first-order valence-corrected chi connectivity index (χ1v) is 12.4. The van der Waals surface area contributed by atoms with E-state index in [-0.39, 0.29) is 11.7 Å². The maximum Gasteiger partial charge on any atom is 0.257 e. The number of thiazole rings is 1. The number of nitrogens with one attached hydrogen (secondary N) is 1. The largest absolute Gasteiger partial charge is 0.298 e. The maximum atomic E-state index is 12.5. The lowest BCUT2D eigenvalue weighted by atomic mass is 9.92. The molecule has 1 aromatic heterocycles. The molecule has 2 atom stereocenters. The number of anilines is 1. The van der Waals surface area contributed by atoms with Gasteiger partial charge in [0.2, 0.25) is 0 Å². The van der Waals surface area contributed by atoms with Gasteiger partial charge < -0.3 is 0 Å². The van der Waals surface area contributed by atoms with Gasteiger partial charge in [-0.3, -0.25) is 15.0 Å². The van der Waals surface area contributed by atoms with Gasteiger partial charge in [0.25, 0.3) is 5.91 Å². The number of nitrogens with zero attached hydrogens (tertiary/aromatic N) is 2. The number of amides is 1. The molecule has 0 spiro atoms. The smallest absolute Gasteiger partial charge is 0.257 e. The molecule has 0 aliphatic carbocycles. The third kappa shape index (κ3) is 6.12. The number of carbonyl (C=O) groups excluding carboxylic acids is 1. The number of piperidine rings is 1. The Morgan fingerprint density at radius 1 is 1.29 bits per heavy atom. The van der Waals surface area contributed by atoms with Crippen molar-refractivity contribution in [3.8, 4) is 0 Å². The Labute approximate surface area is 170 Å². The second-order valence-corrected chi connectivity index (χ2v) is 11.0. The highest BCUT2D eigenvalue weighted by Gasteiger charge is 2.22. The SMILES string of the molecule is C[C@@H]1C[C@@H](C)CN(Cc2csc(NC(=O)c3cccc(CS(C)(=O)=O)c3)n2)C1. The van der Waals surface area contributed by atoms with Gasteiger partial charge in [0.15, 0.2) is 15.0 Å². The standard InChI is InChI=1S/C20H27N3O3S2/c1-14-7-15(2)10-23(9-14)11-18-12-27-20(21-18)22-19(24)17-6-4-5-16(8-17)13-28(3,25)26/h4-6,8,12,14-15H,7,9-11,13H2,1-3H3,(H,21,22,24)/t14-,15-/m1/s1. The fourth-order valence-electron chi connectivity index (χ4n) is 3.86. The molecule has 1 amide bonds. The van der Waals surface area contributed by atoms with Gasteiger partial charge in [-0.2, -0.15) is 0 Å². The Morgan fingerprint density at radius 2 is 2.00 bits per heavy atom. The molecular weight excluding hydrogens is 394 g/mol. The molecule has 28 heavy (non-hydrogen) atoms. The van der Waals surface area contributed by atoms with Gasteiger partial charge >= 0.3 is 0 Å². The molecule has 6 nitrogen and oxygen atoms in total.